The number of halogens is 2. The van der Waals surface area contributed by atoms with Crippen molar-refractivity contribution in [3.8, 4) is 0 Å². The third kappa shape index (κ3) is 1.56. The molecule has 6 heteroatoms. The van der Waals surface area contributed by atoms with Gasteiger partial charge in [-0.2, -0.15) is 0 Å². The monoisotopic (exact) mass is 240 g/mol. The van der Waals surface area contributed by atoms with E-state index in [4.69, 9.17) is 0 Å². The van der Waals surface area contributed by atoms with E-state index in [-0.39, 0.29) is 0 Å². The average molecular weight is 240 g/mol. The van der Waals surface area contributed by atoms with Gasteiger partial charge in [-0.1, -0.05) is 6.07 Å². The van der Waals surface area contributed by atoms with Crippen LogP contribution in [0.25, 0.3) is 0 Å². The number of amides is 3. The Hall–Kier alpha value is -1.98. The number of rotatable bonds is 1. The van der Waals surface area contributed by atoms with Crippen molar-refractivity contribution in [2.45, 2.75) is 19.4 Å². The van der Waals surface area contributed by atoms with Crippen LogP contribution in [0.3, 0.4) is 0 Å². The zero-order chi connectivity index (χ0) is 12.8. The summed E-state index contributed by atoms with van der Waals surface area (Å²) in [5.41, 5.74) is -1.83. The molecule has 0 bridgehead atoms. The number of imide groups is 1. The average Bonchev–Trinajstić information content (AvgIpc) is 2.40. The Bertz CT molecular complexity index is 494. The minimum Gasteiger partial charge on any atom is -0.276 e. The molecule has 17 heavy (non-hydrogen) atoms. The normalized spacial score (nSPS) is 18.5. The number of carbonyl (C=O) groups excluding carboxylic acids is 2. The molecule has 1 N–H and O–H groups in total. The number of benzene rings is 1. The second-order valence-corrected chi connectivity index (χ2v) is 4.22. The van der Waals surface area contributed by atoms with E-state index in [0.717, 1.165) is 17.0 Å². The molecular formula is C11H10F2N2O2. The fourth-order valence-electron chi connectivity index (χ4n) is 1.75. The minimum absolute atomic E-state index is 0.513. The van der Waals surface area contributed by atoms with Crippen LogP contribution in [0.2, 0.25) is 0 Å². The van der Waals surface area contributed by atoms with Gasteiger partial charge in [0.1, 0.15) is 22.9 Å². The van der Waals surface area contributed by atoms with Crippen LogP contribution in [-0.2, 0) is 4.79 Å². The zero-order valence-corrected chi connectivity index (χ0v) is 9.25. The lowest BCUT2D eigenvalue weighted by Gasteiger charge is -2.28. The summed E-state index contributed by atoms with van der Waals surface area (Å²) in [7, 11) is 0. The van der Waals surface area contributed by atoms with Crippen LogP contribution in [0, 0.1) is 11.6 Å². The molecule has 90 valence electrons. The molecule has 0 saturated carbocycles. The van der Waals surface area contributed by atoms with Gasteiger partial charge in [0, 0.05) is 0 Å². The van der Waals surface area contributed by atoms with E-state index < -0.39 is 34.8 Å². The highest BCUT2D eigenvalue weighted by atomic mass is 19.1. The Morgan fingerprint density at radius 3 is 2.12 bits per heavy atom. The van der Waals surface area contributed by atoms with Gasteiger partial charge in [0.25, 0.3) is 5.91 Å². The predicted octanol–water partition coefficient (Wildman–Crippen LogP) is 1.80. The van der Waals surface area contributed by atoms with E-state index >= 15 is 0 Å². The number of nitrogens with zero attached hydrogens (tertiary/aromatic N) is 1. The van der Waals surface area contributed by atoms with Crippen molar-refractivity contribution < 1.29 is 18.4 Å². The SMILES string of the molecule is CC1(C)C(=O)NC(=O)N1c1c(F)cccc1F. The molecule has 2 rings (SSSR count). The number of nitrogens with one attached hydrogen (secondary N) is 1. The lowest BCUT2D eigenvalue weighted by Crippen LogP contribution is -2.45. The largest absolute Gasteiger partial charge is 0.329 e. The molecule has 0 spiro atoms. The van der Waals surface area contributed by atoms with Crippen molar-refractivity contribution in [2.75, 3.05) is 4.90 Å². The molecule has 3 amide bonds. The third-order valence-corrected chi connectivity index (χ3v) is 2.70. The van der Waals surface area contributed by atoms with Gasteiger partial charge in [-0.15, -0.1) is 0 Å². The lowest BCUT2D eigenvalue weighted by molar-refractivity contribution is -0.122. The summed E-state index contributed by atoms with van der Waals surface area (Å²) < 4.78 is 27.1. The fourth-order valence-corrected chi connectivity index (χ4v) is 1.75. The Balaban J connectivity index is 2.61. The molecule has 0 aromatic heterocycles. The Morgan fingerprint density at radius 2 is 1.71 bits per heavy atom. The number of anilines is 1. The van der Waals surface area contributed by atoms with E-state index in [1.54, 1.807) is 0 Å². The molecule has 0 atom stereocenters. The van der Waals surface area contributed by atoms with Crippen LogP contribution in [0.1, 0.15) is 13.8 Å². The smallest absolute Gasteiger partial charge is 0.276 e. The van der Waals surface area contributed by atoms with Gasteiger partial charge >= 0.3 is 6.03 Å². The Labute approximate surface area is 96.2 Å². The number of urea groups is 1. The number of hydrogen-bond donors (Lipinski definition) is 1. The lowest BCUT2D eigenvalue weighted by atomic mass is 10.0. The summed E-state index contributed by atoms with van der Waals surface area (Å²) in [6.07, 6.45) is 0. The molecule has 1 aromatic carbocycles. The molecule has 1 aromatic rings. The number of hydrogen-bond acceptors (Lipinski definition) is 2. The maximum absolute atomic E-state index is 13.6. The summed E-state index contributed by atoms with van der Waals surface area (Å²) in [6, 6.07) is 2.43. The molecule has 4 nitrogen and oxygen atoms in total. The maximum atomic E-state index is 13.6. The first kappa shape index (κ1) is 11.5. The molecular weight excluding hydrogens is 230 g/mol. The molecule has 0 aliphatic carbocycles. The second-order valence-electron chi connectivity index (χ2n) is 4.22. The first-order valence-corrected chi connectivity index (χ1v) is 4.95. The van der Waals surface area contributed by atoms with Crippen LogP contribution in [0.15, 0.2) is 18.2 Å². The van der Waals surface area contributed by atoms with Gasteiger partial charge in [-0.3, -0.25) is 15.0 Å². The second kappa shape index (κ2) is 3.51. The van der Waals surface area contributed by atoms with Crippen LogP contribution < -0.4 is 10.2 Å². The van der Waals surface area contributed by atoms with E-state index in [9.17, 15) is 18.4 Å². The highest BCUT2D eigenvalue weighted by Gasteiger charge is 2.48. The van der Waals surface area contributed by atoms with Crippen LogP contribution in [0.5, 0.6) is 0 Å². The minimum atomic E-state index is -1.32. The molecule has 1 fully saturated rings. The van der Waals surface area contributed by atoms with E-state index in [1.165, 1.54) is 19.9 Å². The van der Waals surface area contributed by atoms with E-state index in [2.05, 4.69) is 0 Å². The summed E-state index contributed by atoms with van der Waals surface area (Å²) in [5.74, 6) is -2.36. The Kier molecular flexibility index (Phi) is 2.38. The standard InChI is InChI=1S/C11H10F2N2O2/c1-11(2)9(16)14-10(17)15(11)8-6(12)4-3-5-7(8)13/h3-5H,1-2H3,(H,14,16,17). The Morgan fingerprint density at radius 1 is 1.18 bits per heavy atom. The molecule has 1 saturated heterocycles. The highest BCUT2D eigenvalue weighted by molar-refractivity contribution is 6.16. The van der Waals surface area contributed by atoms with Crippen molar-refractivity contribution in [2.24, 2.45) is 0 Å². The third-order valence-electron chi connectivity index (χ3n) is 2.70. The van der Waals surface area contributed by atoms with Crippen molar-refractivity contribution in [3.63, 3.8) is 0 Å². The van der Waals surface area contributed by atoms with Gasteiger partial charge in [0.15, 0.2) is 0 Å². The van der Waals surface area contributed by atoms with Gasteiger partial charge in [-0.05, 0) is 26.0 Å². The molecule has 0 radical (unpaired) electrons. The number of carbonyl (C=O) groups is 2. The molecule has 1 heterocycles. The topological polar surface area (TPSA) is 49.4 Å². The quantitative estimate of drug-likeness (QED) is 0.761. The zero-order valence-electron chi connectivity index (χ0n) is 9.25. The fraction of sp³-hybridized carbons (Fsp3) is 0.273. The van der Waals surface area contributed by atoms with E-state index in [0.29, 0.717) is 0 Å². The van der Waals surface area contributed by atoms with Gasteiger partial charge < -0.3 is 0 Å². The van der Waals surface area contributed by atoms with Crippen molar-refractivity contribution in [1.82, 2.24) is 5.32 Å². The van der Waals surface area contributed by atoms with Crippen molar-refractivity contribution >= 4 is 17.6 Å². The molecule has 1 aliphatic rings. The van der Waals surface area contributed by atoms with Gasteiger partial charge in [0.05, 0.1) is 0 Å². The number of para-hydroxylation sites is 1. The first-order chi connectivity index (χ1) is 7.85. The summed E-state index contributed by atoms with van der Waals surface area (Å²) >= 11 is 0. The molecule has 0 unspecified atom stereocenters. The van der Waals surface area contributed by atoms with Gasteiger partial charge in [-0.25, -0.2) is 13.6 Å². The van der Waals surface area contributed by atoms with Crippen molar-refractivity contribution in [1.29, 1.82) is 0 Å². The van der Waals surface area contributed by atoms with Crippen molar-refractivity contribution in [3.05, 3.63) is 29.8 Å². The molecule has 1 aliphatic heterocycles. The summed E-state index contributed by atoms with van der Waals surface area (Å²) in [4.78, 5) is 23.9. The van der Waals surface area contributed by atoms with E-state index in [1.807, 2.05) is 5.32 Å². The summed E-state index contributed by atoms with van der Waals surface area (Å²) in [6.45, 7) is 2.83. The van der Waals surface area contributed by atoms with Crippen LogP contribution in [0.4, 0.5) is 19.3 Å². The van der Waals surface area contributed by atoms with Crippen LogP contribution in [-0.4, -0.2) is 17.5 Å². The maximum Gasteiger partial charge on any atom is 0.329 e. The predicted molar refractivity (Wildman–Crippen MR) is 56.5 cm³/mol. The first-order valence-electron chi connectivity index (χ1n) is 4.95. The highest BCUT2D eigenvalue weighted by Crippen LogP contribution is 2.32. The van der Waals surface area contributed by atoms with Crippen LogP contribution >= 0.6 is 0 Å². The summed E-state index contributed by atoms with van der Waals surface area (Å²) in [5, 5.41) is 2.02. The van der Waals surface area contributed by atoms with Gasteiger partial charge in [0.2, 0.25) is 0 Å².